The van der Waals surface area contributed by atoms with Gasteiger partial charge in [0.15, 0.2) is 0 Å². The van der Waals surface area contributed by atoms with E-state index in [1.807, 2.05) is 51.1 Å². The molecule has 0 unspecified atom stereocenters. The molecular weight excluding hydrogens is 324 g/mol. The van der Waals surface area contributed by atoms with Gasteiger partial charge in [-0.3, -0.25) is 9.78 Å². The number of nitrogens with zero attached hydrogens (tertiary/aromatic N) is 1. The Morgan fingerprint density at radius 1 is 1.12 bits per heavy atom. The molecule has 0 aliphatic carbocycles. The van der Waals surface area contributed by atoms with Gasteiger partial charge in [0.25, 0.3) is 0 Å². The van der Waals surface area contributed by atoms with Crippen LogP contribution in [0.3, 0.4) is 0 Å². The van der Waals surface area contributed by atoms with E-state index in [4.69, 9.17) is 4.74 Å². The fourth-order valence-corrected chi connectivity index (χ4v) is 2.74. The average Bonchev–Trinajstić information content (AvgIpc) is 2.63. The zero-order chi connectivity index (χ0) is 18.7. The topological polar surface area (TPSA) is 51.2 Å². The van der Waals surface area contributed by atoms with Crippen LogP contribution >= 0.6 is 0 Å². The van der Waals surface area contributed by atoms with Gasteiger partial charge in [0.2, 0.25) is 5.91 Å². The maximum Gasteiger partial charge on any atom is 0.226 e. The first kappa shape index (κ1) is 17.9. The van der Waals surface area contributed by atoms with E-state index in [0.717, 1.165) is 40.1 Å². The third-order valence-electron chi connectivity index (χ3n) is 4.36. The van der Waals surface area contributed by atoms with Crippen molar-refractivity contribution in [3.63, 3.8) is 0 Å². The summed E-state index contributed by atoms with van der Waals surface area (Å²) in [5.41, 5.74) is 3.95. The Hall–Kier alpha value is -2.88. The van der Waals surface area contributed by atoms with E-state index in [1.54, 1.807) is 6.20 Å². The van der Waals surface area contributed by atoms with Crippen molar-refractivity contribution < 1.29 is 9.53 Å². The molecule has 26 heavy (non-hydrogen) atoms. The Morgan fingerprint density at radius 2 is 1.92 bits per heavy atom. The number of fused-ring (bicyclic) bond motifs is 1. The number of aryl methyl sites for hydroxylation is 2. The first-order chi connectivity index (χ1) is 12.5. The highest BCUT2D eigenvalue weighted by molar-refractivity contribution is 5.96. The first-order valence-corrected chi connectivity index (χ1v) is 8.95. The molecule has 0 saturated carbocycles. The van der Waals surface area contributed by atoms with Crippen LogP contribution in [0.25, 0.3) is 10.9 Å². The van der Waals surface area contributed by atoms with Gasteiger partial charge in [-0.2, -0.15) is 0 Å². The van der Waals surface area contributed by atoms with Crippen molar-refractivity contribution in [1.29, 1.82) is 0 Å². The van der Waals surface area contributed by atoms with Crippen LogP contribution in [0.5, 0.6) is 11.5 Å². The summed E-state index contributed by atoms with van der Waals surface area (Å²) in [5, 5.41) is 3.80. The number of hydrogen-bond donors (Lipinski definition) is 1. The number of nitrogens with one attached hydrogen (secondary N) is 1. The molecule has 3 rings (SSSR count). The fourth-order valence-electron chi connectivity index (χ4n) is 2.74. The molecule has 0 spiro atoms. The number of pyridine rings is 1. The summed E-state index contributed by atoms with van der Waals surface area (Å²) < 4.78 is 6.18. The van der Waals surface area contributed by atoms with Gasteiger partial charge in [-0.05, 0) is 54.8 Å². The molecule has 134 valence electrons. The van der Waals surface area contributed by atoms with Gasteiger partial charge in [0.05, 0.1) is 5.52 Å². The minimum Gasteiger partial charge on any atom is -0.456 e. The first-order valence-electron chi connectivity index (χ1n) is 8.95. The van der Waals surface area contributed by atoms with Crippen molar-refractivity contribution >= 4 is 22.5 Å². The van der Waals surface area contributed by atoms with Gasteiger partial charge in [0, 0.05) is 23.2 Å². The normalized spacial score (nSPS) is 11.0. The predicted molar refractivity (Wildman–Crippen MR) is 106 cm³/mol. The van der Waals surface area contributed by atoms with Crippen molar-refractivity contribution in [2.45, 2.75) is 34.1 Å². The molecule has 1 aromatic heterocycles. The highest BCUT2D eigenvalue weighted by Crippen LogP contribution is 2.32. The molecule has 4 heteroatoms. The number of benzene rings is 2. The SMILES string of the molecule is CCc1ccc(Oc2ccnc3ccc(NC(=O)C(C)C)cc23)c(C)c1. The van der Waals surface area contributed by atoms with Crippen molar-refractivity contribution in [2.24, 2.45) is 5.92 Å². The van der Waals surface area contributed by atoms with Crippen molar-refractivity contribution in [3.8, 4) is 11.5 Å². The number of ether oxygens (including phenoxy) is 1. The molecule has 0 radical (unpaired) electrons. The molecule has 0 fully saturated rings. The molecular formula is C22H24N2O2. The van der Waals surface area contributed by atoms with Gasteiger partial charge < -0.3 is 10.1 Å². The third-order valence-corrected chi connectivity index (χ3v) is 4.36. The summed E-state index contributed by atoms with van der Waals surface area (Å²) in [5.74, 6) is 1.46. The minimum atomic E-state index is -0.0740. The summed E-state index contributed by atoms with van der Waals surface area (Å²) in [7, 11) is 0. The van der Waals surface area contributed by atoms with Crippen LogP contribution in [0.1, 0.15) is 31.9 Å². The molecule has 3 aromatic rings. The largest absolute Gasteiger partial charge is 0.456 e. The predicted octanol–water partition coefficient (Wildman–Crippen LogP) is 5.49. The van der Waals surface area contributed by atoms with E-state index in [1.165, 1.54) is 5.56 Å². The van der Waals surface area contributed by atoms with E-state index >= 15 is 0 Å². The number of anilines is 1. The van der Waals surface area contributed by atoms with E-state index in [9.17, 15) is 4.79 Å². The van der Waals surface area contributed by atoms with Crippen molar-refractivity contribution in [2.75, 3.05) is 5.32 Å². The number of rotatable bonds is 5. The number of amides is 1. The molecule has 0 bridgehead atoms. The van der Waals surface area contributed by atoms with E-state index in [-0.39, 0.29) is 11.8 Å². The van der Waals surface area contributed by atoms with Crippen LogP contribution in [0.15, 0.2) is 48.7 Å². The number of hydrogen-bond acceptors (Lipinski definition) is 3. The third kappa shape index (κ3) is 3.85. The minimum absolute atomic E-state index is 0.0123. The lowest BCUT2D eigenvalue weighted by Crippen LogP contribution is -2.17. The second-order valence-electron chi connectivity index (χ2n) is 6.74. The van der Waals surface area contributed by atoms with Gasteiger partial charge in [0.1, 0.15) is 11.5 Å². The van der Waals surface area contributed by atoms with Crippen molar-refractivity contribution in [3.05, 3.63) is 59.8 Å². The van der Waals surface area contributed by atoms with E-state index < -0.39 is 0 Å². The Morgan fingerprint density at radius 3 is 2.62 bits per heavy atom. The number of aromatic nitrogens is 1. The summed E-state index contributed by atoms with van der Waals surface area (Å²) in [4.78, 5) is 16.4. The lowest BCUT2D eigenvalue weighted by atomic mass is 10.1. The maximum atomic E-state index is 12.0. The van der Waals surface area contributed by atoms with E-state index in [2.05, 4.69) is 29.4 Å². The lowest BCUT2D eigenvalue weighted by molar-refractivity contribution is -0.118. The molecule has 0 aliphatic rings. The van der Waals surface area contributed by atoms with Crippen LogP contribution < -0.4 is 10.1 Å². The zero-order valence-corrected chi connectivity index (χ0v) is 15.7. The Bertz CT molecular complexity index is 948. The second kappa shape index (κ2) is 7.56. The molecule has 1 heterocycles. The molecule has 1 N–H and O–H groups in total. The van der Waals surface area contributed by atoms with Crippen LogP contribution in [0, 0.1) is 12.8 Å². The number of carbonyl (C=O) groups is 1. The Labute approximate surface area is 154 Å². The Balaban J connectivity index is 1.96. The zero-order valence-electron chi connectivity index (χ0n) is 15.7. The summed E-state index contributed by atoms with van der Waals surface area (Å²) in [6.45, 7) is 7.93. The summed E-state index contributed by atoms with van der Waals surface area (Å²) in [6.07, 6.45) is 2.73. The number of carbonyl (C=O) groups excluding carboxylic acids is 1. The second-order valence-corrected chi connectivity index (χ2v) is 6.74. The molecule has 4 nitrogen and oxygen atoms in total. The van der Waals surface area contributed by atoms with Gasteiger partial charge >= 0.3 is 0 Å². The highest BCUT2D eigenvalue weighted by atomic mass is 16.5. The Kier molecular flexibility index (Phi) is 5.21. The monoisotopic (exact) mass is 348 g/mol. The molecule has 0 atom stereocenters. The standard InChI is InChI=1S/C22H24N2O2/c1-5-16-6-9-20(15(4)12-16)26-21-10-11-23-19-8-7-17(13-18(19)21)24-22(25)14(2)3/h6-14H,5H2,1-4H3,(H,24,25). The van der Waals surface area contributed by atoms with Crippen molar-refractivity contribution in [1.82, 2.24) is 4.98 Å². The highest BCUT2D eigenvalue weighted by Gasteiger charge is 2.11. The average molecular weight is 348 g/mol. The van der Waals surface area contributed by atoms with E-state index in [0.29, 0.717) is 0 Å². The van der Waals surface area contributed by atoms with Gasteiger partial charge in [-0.1, -0.05) is 32.9 Å². The summed E-state index contributed by atoms with van der Waals surface area (Å²) in [6, 6.07) is 13.8. The quantitative estimate of drug-likeness (QED) is 0.663. The van der Waals surface area contributed by atoms with Gasteiger partial charge in [-0.25, -0.2) is 0 Å². The fraction of sp³-hybridized carbons (Fsp3) is 0.273. The summed E-state index contributed by atoms with van der Waals surface area (Å²) >= 11 is 0. The van der Waals surface area contributed by atoms with Crippen LogP contribution in [0.4, 0.5) is 5.69 Å². The molecule has 0 aliphatic heterocycles. The van der Waals surface area contributed by atoms with Crippen LogP contribution in [-0.4, -0.2) is 10.9 Å². The van der Waals surface area contributed by atoms with Gasteiger partial charge in [-0.15, -0.1) is 0 Å². The molecule has 1 amide bonds. The lowest BCUT2D eigenvalue weighted by Gasteiger charge is -2.13. The smallest absolute Gasteiger partial charge is 0.226 e. The molecule has 2 aromatic carbocycles. The molecule has 0 saturated heterocycles. The maximum absolute atomic E-state index is 12.0. The van der Waals surface area contributed by atoms with Crippen LogP contribution in [0.2, 0.25) is 0 Å². The van der Waals surface area contributed by atoms with Crippen LogP contribution in [-0.2, 0) is 11.2 Å².